The summed E-state index contributed by atoms with van der Waals surface area (Å²) in [5, 5.41) is 2.57. The van der Waals surface area contributed by atoms with Gasteiger partial charge < -0.3 is 15.8 Å². The molecule has 6 heteroatoms. The summed E-state index contributed by atoms with van der Waals surface area (Å²) in [5.74, 6) is -0.203. The van der Waals surface area contributed by atoms with Crippen LogP contribution in [0.4, 0.5) is 15.8 Å². The molecule has 4 nitrogen and oxygen atoms in total. The zero-order chi connectivity index (χ0) is 15.4. The number of nitrogens with one attached hydrogen (secondary N) is 1. The van der Waals surface area contributed by atoms with E-state index in [1.807, 2.05) is 19.1 Å². The Balaban J connectivity index is 1.97. The molecule has 0 saturated heterocycles. The lowest BCUT2D eigenvalue weighted by atomic mass is 10.2. The monoisotopic (exact) mass is 352 g/mol. The highest BCUT2D eigenvalue weighted by Crippen LogP contribution is 2.23. The summed E-state index contributed by atoms with van der Waals surface area (Å²) >= 11 is 3.34. The molecular formula is C15H14BrFN2O2. The number of hydrogen-bond acceptors (Lipinski definition) is 3. The molecule has 0 radical (unpaired) electrons. The number of nitrogen functional groups attached to an aromatic ring is 1. The Bertz CT molecular complexity index is 677. The molecule has 3 N–H and O–H groups in total. The minimum atomic E-state index is -0.452. The molecule has 0 atom stereocenters. The predicted octanol–water partition coefficient (Wildman–Crippen LogP) is 3.50. The maximum absolute atomic E-state index is 12.9. The Morgan fingerprint density at radius 3 is 2.81 bits per heavy atom. The fourth-order valence-electron chi connectivity index (χ4n) is 1.71. The molecular weight excluding hydrogens is 339 g/mol. The summed E-state index contributed by atoms with van der Waals surface area (Å²) in [6, 6.07) is 9.35. The van der Waals surface area contributed by atoms with Crippen molar-refractivity contribution in [2.45, 2.75) is 6.92 Å². The van der Waals surface area contributed by atoms with Crippen molar-refractivity contribution in [3.63, 3.8) is 0 Å². The normalized spacial score (nSPS) is 10.2. The van der Waals surface area contributed by atoms with Crippen molar-refractivity contribution in [3.8, 4) is 5.75 Å². The Morgan fingerprint density at radius 2 is 2.10 bits per heavy atom. The Hall–Kier alpha value is -2.08. The number of rotatable bonds is 4. The average Bonchev–Trinajstić information content (AvgIpc) is 2.43. The first kappa shape index (κ1) is 15.3. The number of carbonyl (C=O) groups is 1. The average molecular weight is 353 g/mol. The number of hydrogen-bond donors (Lipinski definition) is 2. The maximum atomic E-state index is 12.9. The Kier molecular flexibility index (Phi) is 4.80. The first-order valence-electron chi connectivity index (χ1n) is 6.19. The van der Waals surface area contributed by atoms with Crippen LogP contribution in [0.25, 0.3) is 0 Å². The molecule has 0 unspecified atom stereocenters. The molecule has 0 heterocycles. The van der Waals surface area contributed by atoms with E-state index in [4.69, 9.17) is 10.5 Å². The van der Waals surface area contributed by atoms with Gasteiger partial charge in [-0.1, -0.05) is 22.0 Å². The zero-order valence-corrected chi connectivity index (χ0v) is 12.9. The van der Waals surface area contributed by atoms with E-state index in [0.717, 1.165) is 16.1 Å². The molecule has 0 aliphatic carbocycles. The second kappa shape index (κ2) is 6.58. The van der Waals surface area contributed by atoms with Gasteiger partial charge in [0.25, 0.3) is 5.91 Å². The molecule has 110 valence electrons. The number of ether oxygens (including phenoxy) is 1. The van der Waals surface area contributed by atoms with E-state index in [-0.39, 0.29) is 18.2 Å². The molecule has 1 amide bonds. The van der Waals surface area contributed by atoms with Crippen LogP contribution in [-0.2, 0) is 4.79 Å². The molecule has 2 rings (SSSR count). The number of halogens is 2. The molecule has 0 aliphatic heterocycles. The third-order valence-corrected chi connectivity index (χ3v) is 3.29. The molecule has 0 spiro atoms. The van der Waals surface area contributed by atoms with E-state index in [1.165, 1.54) is 12.1 Å². The topological polar surface area (TPSA) is 64.3 Å². The molecule has 0 bridgehead atoms. The van der Waals surface area contributed by atoms with Gasteiger partial charge in [0.15, 0.2) is 6.61 Å². The van der Waals surface area contributed by atoms with Crippen LogP contribution in [0.2, 0.25) is 0 Å². The van der Waals surface area contributed by atoms with Gasteiger partial charge in [-0.15, -0.1) is 0 Å². The second-order valence-electron chi connectivity index (χ2n) is 4.48. The molecule has 0 aliphatic rings. The quantitative estimate of drug-likeness (QED) is 0.827. The zero-order valence-electron chi connectivity index (χ0n) is 11.3. The first-order valence-corrected chi connectivity index (χ1v) is 6.99. The van der Waals surface area contributed by atoms with Gasteiger partial charge >= 0.3 is 0 Å². The third-order valence-electron chi connectivity index (χ3n) is 2.80. The van der Waals surface area contributed by atoms with Gasteiger partial charge in [-0.3, -0.25) is 4.79 Å². The van der Waals surface area contributed by atoms with Crippen molar-refractivity contribution in [2.75, 3.05) is 17.7 Å². The van der Waals surface area contributed by atoms with E-state index in [9.17, 15) is 9.18 Å². The van der Waals surface area contributed by atoms with Crippen LogP contribution in [0.15, 0.2) is 40.9 Å². The highest BCUT2D eigenvalue weighted by molar-refractivity contribution is 9.10. The predicted molar refractivity (Wildman–Crippen MR) is 83.8 cm³/mol. The van der Waals surface area contributed by atoms with Gasteiger partial charge in [-0.05, 0) is 42.8 Å². The molecule has 0 aromatic heterocycles. The summed E-state index contributed by atoms with van der Waals surface area (Å²) < 4.78 is 19.2. The fraction of sp³-hybridized carbons (Fsp3) is 0.133. The maximum Gasteiger partial charge on any atom is 0.262 e. The van der Waals surface area contributed by atoms with Crippen LogP contribution in [0.3, 0.4) is 0 Å². The number of aryl methyl sites for hydroxylation is 1. The molecule has 21 heavy (non-hydrogen) atoms. The lowest BCUT2D eigenvalue weighted by Gasteiger charge is -2.11. The highest BCUT2D eigenvalue weighted by atomic mass is 79.9. The summed E-state index contributed by atoms with van der Waals surface area (Å²) in [5.41, 5.74) is 7.07. The van der Waals surface area contributed by atoms with Crippen LogP contribution in [0.5, 0.6) is 5.75 Å². The number of amides is 1. The van der Waals surface area contributed by atoms with Crippen LogP contribution < -0.4 is 15.8 Å². The van der Waals surface area contributed by atoms with Gasteiger partial charge in [0.2, 0.25) is 0 Å². The number of anilines is 2. The van der Waals surface area contributed by atoms with E-state index in [1.54, 1.807) is 6.07 Å². The summed E-state index contributed by atoms with van der Waals surface area (Å²) in [6.07, 6.45) is 0. The van der Waals surface area contributed by atoms with Gasteiger partial charge in [0.1, 0.15) is 11.6 Å². The third kappa shape index (κ3) is 4.19. The van der Waals surface area contributed by atoms with Crippen LogP contribution in [0, 0.1) is 12.7 Å². The van der Waals surface area contributed by atoms with E-state index < -0.39 is 5.82 Å². The fourth-order valence-corrected chi connectivity index (χ4v) is 2.05. The lowest BCUT2D eigenvalue weighted by molar-refractivity contribution is -0.118. The second-order valence-corrected chi connectivity index (χ2v) is 5.39. The van der Waals surface area contributed by atoms with E-state index in [0.29, 0.717) is 11.4 Å². The van der Waals surface area contributed by atoms with Gasteiger partial charge in [-0.2, -0.15) is 0 Å². The lowest BCUT2D eigenvalue weighted by Crippen LogP contribution is -2.21. The van der Waals surface area contributed by atoms with Crippen LogP contribution in [0.1, 0.15) is 5.56 Å². The van der Waals surface area contributed by atoms with Gasteiger partial charge in [-0.25, -0.2) is 4.39 Å². The van der Waals surface area contributed by atoms with E-state index in [2.05, 4.69) is 21.2 Å². The minimum Gasteiger partial charge on any atom is -0.483 e. The minimum absolute atomic E-state index is 0.159. The van der Waals surface area contributed by atoms with Gasteiger partial charge in [0.05, 0.1) is 11.4 Å². The Labute approximate surface area is 130 Å². The summed E-state index contributed by atoms with van der Waals surface area (Å²) in [4.78, 5) is 11.8. The smallest absolute Gasteiger partial charge is 0.262 e. The van der Waals surface area contributed by atoms with Crippen molar-refractivity contribution in [2.24, 2.45) is 0 Å². The number of nitrogens with two attached hydrogens (primary N) is 1. The Morgan fingerprint density at radius 1 is 1.33 bits per heavy atom. The summed E-state index contributed by atoms with van der Waals surface area (Å²) in [6.45, 7) is 1.73. The number of carbonyl (C=O) groups excluding carboxylic acids is 1. The SMILES string of the molecule is Cc1ccc(Br)cc1OCC(=O)Nc1ccc(F)cc1N. The molecule has 2 aromatic rings. The van der Waals surface area contributed by atoms with Crippen LogP contribution in [-0.4, -0.2) is 12.5 Å². The standard InChI is InChI=1S/C15H14BrFN2O2/c1-9-2-3-10(16)6-14(9)21-8-15(20)19-13-5-4-11(17)7-12(13)18/h2-7H,8,18H2,1H3,(H,19,20). The van der Waals surface area contributed by atoms with Crippen molar-refractivity contribution >= 4 is 33.2 Å². The summed E-state index contributed by atoms with van der Waals surface area (Å²) in [7, 11) is 0. The van der Waals surface area contributed by atoms with Gasteiger partial charge in [0, 0.05) is 4.47 Å². The molecule has 0 fully saturated rings. The van der Waals surface area contributed by atoms with Crippen molar-refractivity contribution in [3.05, 3.63) is 52.3 Å². The molecule has 2 aromatic carbocycles. The van der Waals surface area contributed by atoms with E-state index >= 15 is 0 Å². The van der Waals surface area contributed by atoms with Crippen molar-refractivity contribution in [1.82, 2.24) is 0 Å². The van der Waals surface area contributed by atoms with Crippen molar-refractivity contribution in [1.29, 1.82) is 0 Å². The van der Waals surface area contributed by atoms with Crippen LogP contribution >= 0.6 is 15.9 Å². The largest absolute Gasteiger partial charge is 0.483 e. The molecule has 0 saturated carbocycles. The first-order chi connectivity index (χ1) is 9.95. The highest BCUT2D eigenvalue weighted by Gasteiger charge is 2.08. The number of benzene rings is 2. The van der Waals surface area contributed by atoms with Crippen molar-refractivity contribution < 1.29 is 13.9 Å².